The fourth-order valence-corrected chi connectivity index (χ4v) is 2.01. The fourth-order valence-electron chi connectivity index (χ4n) is 2.01. The van der Waals surface area contributed by atoms with Crippen molar-refractivity contribution in [1.29, 1.82) is 0 Å². The van der Waals surface area contributed by atoms with Gasteiger partial charge in [-0.25, -0.2) is 0 Å². The van der Waals surface area contributed by atoms with Crippen LogP contribution in [0.2, 0.25) is 0 Å². The van der Waals surface area contributed by atoms with Crippen molar-refractivity contribution >= 4 is 5.97 Å². The van der Waals surface area contributed by atoms with E-state index in [1.54, 1.807) is 0 Å². The van der Waals surface area contributed by atoms with Crippen molar-refractivity contribution in [3.63, 3.8) is 0 Å². The summed E-state index contributed by atoms with van der Waals surface area (Å²) in [4.78, 5) is 10.2. The molecule has 0 spiro atoms. The normalized spacial score (nSPS) is 9.89. The molecule has 0 aliphatic heterocycles. The summed E-state index contributed by atoms with van der Waals surface area (Å²) in [6, 6.07) is 6.55. The van der Waals surface area contributed by atoms with Crippen LogP contribution in [0.1, 0.15) is 48.8 Å². The molecule has 0 saturated carbocycles. The minimum absolute atomic E-state index is 0. The van der Waals surface area contributed by atoms with Gasteiger partial charge < -0.3 is 9.90 Å². The van der Waals surface area contributed by atoms with Crippen molar-refractivity contribution in [2.45, 2.75) is 52.4 Å². The molecule has 0 aliphatic rings. The summed E-state index contributed by atoms with van der Waals surface area (Å²) in [5.74, 6) is -0.931. The molecule has 0 radical (unpaired) electrons. The van der Waals surface area contributed by atoms with Crippen LogP contribution in [0.4, 0.5) is 0 Å². The van der Waals surface area contributed by atoms with Crippen LogP contribution in [0.15, 0.2) is 18.2 Å². The smallest absolute Gasteiger partial charge is 0.550 e. The third kappa shape index (κ3) is 6.89. The Kier molecular flexibility index (Phi) is 8.88. The van der Waals surface area contributed by atoms with E-state index in [0.29, 0.717) is 0 Å². The third-order valence-electron chi connectivity index (χ3n) is 3.08. The molecule has 1 aromatic carbocycles. The van der Waals surface area contributed by atoms with E-state index in [2.05, 4.69) is 32.0 Å². The van der Waals surface area contributed by atoms with Crippen LogP contribution >= 0.6 is 0 Å². The van der Waals surface area contributed by atoms with E-state index in [-0.39, 0.29) is 25.3 Å². The van der Waals surface area contributed by atoms with Crippen LogP contribution in [0.3, 0.4) is 0 Å². The number of unbranched alkanes of at least 4 members (excludes halogenated alkanes) is 3. The molecule has 0 atom stereocenters. The Morgan fingerprint density at radius 2 is 1.78 bits per heavy atom. The summed E-state index contributed by atoms with van der Waals surface area (Å²) in [6.07, 6.45) is 5.26. The molecule has 0 fully saturated rings. The SMILES string of the molecule is Cc1ccc(C)c(CCCCCCC(=O)[O-])c1.[Li+]. The van der Waals surface area contributed by atoms with E-state index in [9.17, 15) is 9.90 Å². The van der Waals surface area contributed by atoms with Gasteiger partial charge in [0.1, 0.15) is 0 Å². The second-order valence-electron chi connectivity index (χ2n) is 4.72. The molecule has 1 aromatic rings. The van der Waals surface area contributed by atoms with Gasteiger partial charge in [-0.1, -0.05) is 36.6 Å². The number of hydrogen-bond acceptors (Lipinski definition) is 2. The average molecular weight is 240 g/mol. The van der Waals surface area contributed by atoms with Gasteiger partial charge in [-0.15, -0.1) is 0 Å². The standard InChI is InChI=1S/C15H22O2.Li/c1-12-9-10-13(2)14(11-12)7-5-3-4-6-8-15(16)17;/h9-11H,3-8H2,1-2H3,(H,16,17);/q;+1/p-1. The molecular formula is C15H21LiO2. The Labute approximate surface area is 122 Å². The van der Waals surface area contributed by atoms with E-state index in [4.69, 9.17) is 0 Å². The molecule has 0 unspecified atom stereocenters. The number of carbonyl (C=O) groups is 1. The average Bonchev–Trinajstić information content (AvgIpc) is 2.27. The summed E-state index contributed by atoms with van der Waals surface area (Å²) in [7, 11) is 0. The van der Waals surface area contributed by atoms with E-state index in [1.807, 2.05) is 0 Å². The van der Waals surface area contributed by atoms with Gasteiger partial charge in [0, 0.05) is 5.97 Å². The van der Waals surface area contributed by atoms with E-state index >= 15 is 0 Å². The first-order chi connectivity index (χ1) is 8.09. The van der Waals surface area contributed by atoms with Crippen molar-refractivity contribution in [2.24, 2.45) is 0 Å². The number of hydrogen-bond donors (Lipinski definition) is 0. The van der Waals surface area contributed by atoms with Crippen molar-refractivity contribution in [1.82, 2.24) is 0 Å². The monoisotopic (exact) mass is 240 g/mol. The summed E-state index contributed by atoms with van der Waals surface area (Å²) in [5, 5.41) is 10.2. The molecule has 2 nitrogen and oxygen atoms in total. The first-order valence-electron chi connectivity index (χ1n) is 6.35. The van der Waals surface area contributed by atoms with Gasteiger partial charge in [0.15, 0.2) is 0 Å². The Morgan fingerprint density at radius 1 is 1.11 bits per heavy atom. The van der Waals surface area contributed by atoms with Gasteiger partial charge in [0.25, 0.3) is 0 Å². The van der Waals surface area contributed by atoms with E-state index < -0.39 is 5.97 Å². The van der Waals surface area contributed by atoms with Crippen molar-refractivity contribution in [3.8, 4) is 0 Å². The van der Waals surface area contributed by atoms with Crippen LogP contribution < -0.4 is 24.0 Å². The van der Waals surface area contributed by atoms with Crippen molar-refractivity contribution in [3.05, 3.63) is 34.9 Å². The molecule has 0 saturated heterocycles. The third-order valence-corrected chi connectivity index (χ3v) is 3.08. The summed E-state index contributed by atoms with van der Waals surface area (Å²) in [6.45, 7) is 4.26. The minimum atomic E-state index is -0.931. The van der Waals surface area contributed by atoms with Crippen LogP contribution in [0.5, 0.6) is 0 Å². The summed E-state index contributed by atoms with van der Waals surface area (Å²) >= 11 is 0. The predicted molar refractivity (Wildman–Crippen MR) is 67.7 cm³/mol. The topological polar surface area (TPSA) is 40.1 Å². The molecule has 0 N–H and O–H groups in total. The quantitative estimate of drug-likeness (QED) is 0.478. The zero-order valence-electron chi connectivity index (χ0n) is 11.8. The van der Waals surface area contributed by atoms with Gasteiger partial charge in [0.2, 0.25) is 0 Å². The van der Waals surface area contributed by atoms with E-state index in [0.717, 1.165) is 32.1 Å². The van der Waals surface area contributed by atoms with Crippen LogP contribution in [-0.4, -0.2) is 5.97 Å². The Balaban J connectivity index is 0.00000289. The summed E-state index contributed by atoms with van der Waals surface area (Å²) in [5.41, 5.74) is 4.08. The maximum atomic E-state index is 10.2. The van der Waals surface area contributed by atoms with E-state index in [1.165, 1.54) is 16.7 Å². The number of carboxylic acids is 1. The van der Waals surface area contributed by atoms with Gasteiger partial charge in [-0.3, -0.25) is 0 Å². The number of aliphatic carboxylic acids is 1. The Hall–Kier alpha value is -0.713. The number of carboxylic acid groups (broad SMARTS) is 1. The van der Waals surface area contributed by atoms with Gasteiger partial charge in [-0.2, -0.15) is 0 Å². The van der Waals surface area contributed by atoms with Crippen LogP contribution in [0.25, 0.3) is 0 Å². The molecule has 0 heterocycles. The van der Waals surface area contributed by atoms with Gasteiger partial charge >= 0.3 is 18.9 Å². The second-order valence-corrected chi connectivity index (χ2v) is 4.72. The van der Waals surface area contributed by atoms with Crippen LogP contribution in [0, 0.1) is 13.8 Å². The molecule has 1 rings (SSSR count). The Morgan fingerprint density at radius 3 is 2.44 bits per heavy atom. The Bertz CT molecular complexity index is 375. The largest absolute Gasteiger partial charge is 1.00 e. The zero-order valence-corrected chi connectivity index (χ0v) is 11.8. The number of benzene rings is 1. The molecular weight excluding hydrogens is 219 g/mol. The number of aryl methyl sites for hydroxylation is 3. The number of rotatable bonds is 7. The molecule has 0 aromatic heterocycles. The summed E-state index contributed by atoms with van der Waals surface area (Å²) < 4.78 is 0. The van der Waals surface area contributed by atoms with Gasteiger partial charge in [0.05, 0.1) is 0 Å². The molecule has 3 heteroatoms. The molecule has 0 aliphatic carbocycles. The maximum absolute atomic E-state index is 10.2. The number of carbonyl (C=O) groups excluding carboxylic acids is 1. The zero-order chi connectivity index (χ0) is 12.7. The van der Waals surface area contributed by atoms with Gasteiger partial charge in [-0.05, 0) is 50.7 Å². The maximum Gasteiger partial charge on any atom is 1.00 e. The second kappa shape index (κ2) is 9.25. The fraction of sp³-hybridized carbons (Fsp3) is 0.533. The predicted octanol–water partition coefficient (Wildman–Crippen LogP) is -0.450. The van der Waals surface area contributed by atoms with Crippen molar-refractivity contribution < 1.29 is 28.8 Å². The molecule has 94 valence electrons. The molecule has 0 amide bonds. The van der Waals surface area contributed by atoms with Crippen LogP contribution in [-0.2, 0) is 11.2 Å². The molecule has 0 bridgehead atoms. The van der Waals surface area contributed by atoms with Crippen molar-refractivity contribution in [2.75, 3.05) is 0 Å². The minimum Gasteiger partial charge on any atom is -0.550 e. The first-order valence-corrected chi connectivity index (χ1v) is 6.35. The first kappa shape index (κ1) is 17.3. The molecule has 18 heavy (non-hydrogen) atoms.